The van der Waals surface area contributed by atoms with Crippen molar-refractivity contribution in [1.82, 2.24) is 4.90 Å². The molecule has 2 rings (SSSR count). The summed E-state index contributed by atoms with van der Waals surface area (Å²) in [5.74, 6) is -0.256. The fourth-order valence-corrected chi connectivity index (χ4v) is 3.76. The predicted octanol–water partition coefficient (Wildman–Crippen LogP) is 1.76. The summed E-state index contributed by atoms with van der Waals surface area (Å²) in [4.78, 5) is 13.4. The van der Waals surface area contributed by atoms with Crippen molar-refractivity contribution in [3.8, 4) is 0 Å². The number of piperidine rings is 1. The maximum Gasteiger partial charge on any atom is 0.303 e. The van der Waals surface area contributed by atoms with E-state index in [4.69, 9.17) is 14.6 Å². The SMILES string of the molecule is COCCOCCCN1C2CCC1CC(CC(=O)O)C2. The summed E-state index contributed by atoms with van der Waals surface area (Å²) in [6.07, 6.45) is 6.01. The van der Waals surface area contributed by atoms with Gasteiger partial charge >= 0.3 is 5.97 Å². The number of aliphatic carboxylic acids is 1. The molecule has 0 aromatic carbocycles. The first-order valence-electron chi connectivity index (χ1n) is 7.75. The second-order valence-electron chi connectivity index (χ2n) is 6.02. The van der Waals surface area contributed by atoms with Crippen molar-refractivity contribution in [2.75, 3.05) is 33.5 Å². The van der Waals surface area contributed by atoms with Crippen LogP contribution in [-0.2, 0) is 14.3 Å². The number of ether oxygens (including phenoxy) is 2. The minimum Gasteiger partial charge on any atom is -0.481 e. The monoisotopic (exact) mass is 285 g/mol. The van der Waals surface area contributed by atoms with Crippen molar-refractivity contribution in [2.45, 2.75) is 50.6 Å². The highest BCUT2D eigenvalue weighted by Gasteiger charge is 2.40. The zero-order chi connectivity index (χ0) is 14.4. The molecule has 2 atom stereocenters. The highest BCUT2D eigenvalue weighted by atomic mass is 16.5. The van der Waals surface area contributed by atoms with Gasteiger partial charge in [0, 0.05) is 38.8 Å². The molecule has 0 aliphatic carbocycles. The molecule has 5 nitrogen and oxygen atoms in total. The Morgan fingerprint density at radius 1 is 1.20 bits per heavy atom. The minimum atomic E-state index is -0.644. The number of carboxylic acid groups (broad SMARTS) is 1. The lowest BCUT2D eigenvalue weighted by molar-refractivity contribution is -0.138. The van der Waals surface area contributed by atoms with Gasteiger partial charge in [-0.15, -0.1) is 0 Å². The van der Waals surface area contributed by atoms with E-state index in [1.165, 1.54) is 12.8 Å². The van der Waals surface area contributed by atoms with Crippen molar-refractivity contribution in [3.05, 3.63) is 0 Å². The normalized spacial score (nSPS) is 29.8. The third-order valence-corrected chi connectivity index (χ3v) is 4.58. The summed E-state index contributed by atoms with van der Waals surface area (Å²) in [5, 5.41) is 8.93. The zero-order valence-corrected chi connectivity index (χ0v) is 12.4. The van der Waals surface area contributed by atoms with Gasteiger partial charge in [0.2, 0.25) is 0 Å². The van der Waals surface area contributed by atoms with Gasteiger partial charge in [0.25, 0.3) is 0 Å². The van der Waals surface area contributed by atoms with Gasteiger partial charge in [-0.3, -0.25) is 9.69 Å². The Hall–Kier alpha value is -0.650. The van der Waals surface area contributed by atoms with Crippen LogP contribution < -0.4 is 0 Å². The standard InChI is InChI=1S/C15H27NO4/c1-19-7-8-20-6-2-5-16-13-3-4-14(16)10-12(9-13)11-15(17)18/h12-14H,2-11H2,1H3,(H,17,18). The summed E-state index contributed by atoms with van der Waals surface area (Å²) >= 11 is 0. The molecule has 0 radical (unpaired) electrons. The molecule has 116 valence electrons. The molecule has 2 saturated heterocycles. The number of carbonyl (C=O) groups is 1. The van der Waals surface area contributed by atoms with Crippen molar-refractivity contribution in [2.24, 2.45) is 5.92 Å². The van der Waals surface area contributed by atoms with Crippen LogP contribution >= 0.6 is 0 Å². The number of rotatable bonds is 9. The number of nitrogens with zero attached hydrogens (tertiary/aromatic N) is 1. The van der Waals surface area contributed by atoms with Crippen LogP contribution in [0.5, 0.6) is 0 Å². The molecule has 0 aromatic rings. The Morgan fingerprint density at radius 3 is 2.50 bits per heavy atom. The van der Waals surface area contributed by atoms with Gasteiger partial charge in [0.1, 0.15) is 0 Å². The van der Waals surface area contributed by atoms with Crippen LogP contribution in [0, 0.1) is 5.92 Å². The quantitative estimate of drug-likeness (QED) is 0.654. The number of fused-ring (bicyclic) bond motifs is 2. The summed E-state index contributed by atoms with van der Waals surface area (Å²) in [5.41, 5.74) is 0. The first kappa shape index (κ1) is 15.7. The third-order valence-electron chi connectivity index (χ3n) is 4.58. The lowest BCUT2D eigenvalue weighted by Gasteiger charge is -2.38. The van der Waals surface area contributed by atoms with Crippen LogP contribution in [0.4, 0.5) is 0 Å². The lowest BCUT2D eigenvalue weighted by Crippen LogP contribution is -2.43. The Balaban J connectivity index is 1.66. The Kier molecular flexibility index (Phi) is 6.26. The first-order chi connectivity index (χ1) is 9.70. The molecule has 0 aromatic heterocycles. The highest BCUT2D eigenvalue weighted by Crippen LogP contribution is 2.39. The second-order valence-corrected chi connectivity index (χ2v) is 6.02. The molecule has 1 N–H and O–H groups in total. The van der Waals surface area contributed by atoms with Gasteiger partial charge in [-0.05, 0) is 38.0 Å². The largest absolute Gasteiger partial charge is 0.481 e. The van der Waals surface area contributed by atoms with Gasteiger partial charge in [-0.1, -0.05) is 0 Å². The number of carboxylic acids is 1. The number of methoxy groups -OCH3 is 1. The third kappa shape index (κ3) is 4.43. The molecule has 2 heterocycles. The Morgan fingerprint density at radius 2 is 1.90 bits per heavy atom. The number of hydrogen-bond donors (Lipinski definition) is 1. The van der Waals surface area contributed by atoms with Crippen LogP contribution in [0.15, 0.2) is 0 Å². The molecule has 2 unspecified atom stereocenters. The second kappa shape index (κ2) is 7.96. The fraction of sp³-hybridized carbons (Fsp3) is 0.933. The van der Waals surface area contributed by atoms with E-state index in [1.54, 1.807) is 7.11 Å². The highest BCUT2D eigenvalue weighted by molar-refractivity contribution is 5.67. The summed E-state index contributed by atoms with van der Waals surface area (Å²) in [7, 11) is 1.68. The molecule has 5 heteroatoms. The smallest absolute Gasteiger partial charge is 0.303 e. The molecule has 20 heavy (non-hydrogen) atoms. The van der Waals surface area contributed by atoms with E-state index in [2.05, 4.69) is 4.90 Å². The van der Waals surface area contributed by atoms with Crippen LogP contribution in [0.25, 0.3) is 0 Å². The molecule has 2 aliphatic heterocycles. The van der Waals surface area contributed by atoms with E-state index in [9.17, 15) is 4.79 Å². The average molecular weight is 285 g/mol. The molecule has 2 aliphatic rings. The topological polar surface area (TPSA) is 59.0 Å². The predicted molar refractivity (Wildman–Crippen MR) is 75.8 cm³/mol. The van der Waals surface area contributed by atoms with E-state index >= 15 is 0 Å². The van der Waals surface area contributed by atoms with Crippen LogP contribution in [-0.4, -0.2) is 61.5 Å². The molecule has 0 spiro atoms. The van der Waals surface area contributed by atoms with Gasteiger partial charge in [-0.25, -0.2) is 0 Å². The Bertz CT molecular complexity index is 296. The fourth-order valence-electron chi connectivity index (χ4n) is 3.76. The van der Waals surface area contributed by atoms with Crippen molar-refractivity contribution < 1.29 is 19.4 Å². The maximum atomic E-state index is 10.8. The molecule has 2 bridgehead atoms. The van der Waals surface area contributed by atoms with Gasteiger partial charge in [-0.2, -0.15) is 0 Å². The van der Waals surface area contributed by atoms with Crippen LogP contribution in [0.1, 0.15) is 38.5 Å². The maximum absolute atomic E-state index is 10.8. The van der Waals surface area contributed by atoms with Crippen molar-refractivity contribution >= 4 is 5.97 Å². The van der Waals surface area contributed by atoms with Gasteiger partial charge < -0.3 is 14.6 Å². The van der Waals surface area contributed by atoms with E-state index in [0.29, 0.717) is 37.6 Å². The first-order valence-corrected chi connectivity index (χ1v) is 7.75. The zero-order valence-electron chi connectivity index (χ0n) is 12.4. The molecular weight excluding hydrogens is 258 g/mol. The summed E-state index contributed by atoms with van der Waals surface area (Å²) in [6, 6.07) is 1.22. The molecular formula is C15H27NO4. The van der Waals surface area contributed by atoms with E-state index < -0.39 is 5.97 Å². The van der Waals surface area contributed by atoms with Crippen molar-refractivity contribution in [1.29, 1.82) is 0 Å². The average Bonchev–Trinajstić information content (AvgIpc) is 2.64. The molecule has 0 amide bonds. The Labute approximate surface area is 121 Å². The molecule has 0 saturated carbocycles. The van der Waals surface area contributed by atoms with E-state index in [-0.39, 0.29) is 0 Å². The lowest BCUT2D eigenvalue weighted by atomic mass is 9.88. The summed E-state index contributed by atoms with van der Waals surface area (Å²) in [6.45, 7) is 3.20. The van der Waals surface area contributed by atoms with Gasteiger partial charge in [0.15, 0.2) is 0 Å². The van der Waals surface area contributed by atoms with Gasteiger partial charge in [0.05, 0.1) is 13.2 Å². The summed E-state index contributed by atoms with van der Waals surface area (Å²) < 4.78 is 10.4. The van der Waals surface area contributed by atoms with Crippen LogP contribution in [0.3, 0.4) is 0 Å². The molecule has 2 fully saturated rings. The van der Waals surface area contributed by atoms with E-state index in [0.717, 1.165) is 32.4 Å². The minimum absolute atomic E-state index is 0.348. The van der Waals surface area contributed by atoms with Crippen LogP contribution in [0.2, 0.25) is 0 Å². The van der Waals surface area contributed by atoms with Crippen molar-refractivity contribution in [3.63, 3.8) is 0 Å². The van der Waals surface area contributed by atoms with E-state index in [1.807, 2.05) is 0 Å². The number of hydrogen-bond acceptors (Lipinski definition) is 4.